The average Bonchev–Trinajstić information content (AvgIpc) is 3.52. The Labute approximate surface area is 287 Å². The molecule has 3 nitrogen and oxygen atoms in total. The van der Waals surface area contributed by atoms with Crippen molar-refractivity contribution in [2.24, 2.45) is 0 Å². The van der Waals surface area contributed by atoms with E-state index < -0.39 is 134 Å². The molecule has 0 radical (unpaired) electrons. The molecule has 1 aliphatic heterocycles. The van der Waals surface area contributed by atoms with Gasteiger partial charge in [-0.05, 0) is 54.4 Å². The fraction of sp³-hybridized carbons (Fsp3) is 0.424. The molecule has 0 atom stereocenters. The van der Waals surface area contributed by atoms with Gasteiger partial charge in [0.05, 0.1) is 11.1 Å². The first-order valence-corrected chi connectivity index (χ1v) is 15.6. The van der Waals surface area contributed by atoms with Gasteiger partial charge in [0.2, 0.25) is 12.2 Å². The maximum absolute atomic E-state index is 15.6. The van der Waals surface area contributed by atoms with Crippen molar-refractivity contribution in [3.8, 4) is 0 Å². The smallest absolute Gasteiger partial charge is 0.247 e. The van der Waals surface area contributed by atoms with Gasteiger partial charge in [-0.15, -0.1) is 0 Å². The number of hydrogen-bond donors (Lipinski definition) is 0. The fourth-order valence-corrected chi connectivity index (χ4v) is 6.58. The number of rotatable bonds is 9. The largest absolute Gasteiger partial charge is 0.579 e. The molecule has 286 valence electrons. The van der Waals surface area contributed by atoms with Crippen LogP contribution in [0.4, 0.5) is 65.9 Å². The first-order chi connectivity index (χ1) is 23.8. The van der Waals surface area contributed by atoms with Gasteiger partial charge in [-0.3, -0.25) is 9.48 Å². The molecular formula is C33H30BF15N2O. The highest BCUT2D eigenvalue weighted by Crippen LogP contribution is 2.30. The predicted octanol–water partition coefficient (Wildman–Crippen LogP) is 7.25. The Hall–Kier alpha value is -3.90. The van der Waals surface area contributed by atoms with Crippen LogP contribution in [0.25, 0.3) is 0 Å². The summed E-state index contributed by atoms with van der Waals surface area (Å²) in [5.74, 6) is -45.3. The molecule has 0 amide bonds. The van der Waals surface area contributed by atoms with E-state index in [1.54, 1.807) is 0 Å². The van der Waals surface area contributed by atoms with E-state index in [1.165, 1.54) is 0 Å². The molecule has 0 bridgehead atoms. The van der Waals surface area contributed by atoms with Crippen LogP contribution in [0.1, 0.15) is 60.8 Å². The third-order valence-electron chi connectivity index (χ3n) is 8.90. The molecule has 3 aromatic rings. The second-order valence-electron chi connectivity index (χ2n) is 14.1. The van der Waals surface area contributed by atoms with Gasteiger partial charge in [0.1, 0.15) is 48.0 Å². The summed E-state index contributed by atoms with van der Waals surface area (Å²) in [7, 11) is 0. The van der Waals surface area contributed by atoms with E-state index in [0.717, 1.165) is 5.84 Å². The van der Waals surface area contributed by atoms with Crippen molar-refractivity contribution in [1.29, 1.82) is 0 Å². The van der Waals surface area contributed by atoms with E-state index in [2.05, 4.69) is 0 Å². The van der Waals surface area contributed by atoms with Crippen LogP contribution in [0.2, 0.25) is 0 Å². The van der Waals surface area contributed by atoms with Crippen molar-refractivity contribution >= 4 is 28.6 Å². The molecule has 0 unspecified atom stereocenters. The van der Waals surface area contributed by atoms with E-state index in [4.69, 9.17) is 4.65 Å². The number of benzene rings is 3. The molecule has 0 aliphatic carbocycles. The standard InChI is InChI=1S/C33H30BF15N2O/c1-32(2,3)50-10-11-51(33(4,5)6)13(50)9-7-8-12-52-34(14-17(35)23(41)29(47)24(42)18(14)36,15-19(37)25(43)30(48)26(44)20(15)38)16-21(39)27(45)31(49)28(46)22(16)40/h7-12H2,1-6H3. The number of unbranched alkanes of at least 4 members (excludes halogenated alkanes) is 1. The summed E-state index contributed by atoms with van der Waals surface area (Å²) >= 11 is 0. The molecule has 3 aromatic carbocycles. The maximum Gasteiger partial charge on any atom is 0.247 e. The summed E-state index contributed by atoms with van der Waals surface area (Å²) in [6.07, 6.45) is -6.52. The molecule has 1 heterocycles. The summed E-state index contributed by atoms with van der Waals surface area (Å²) in [6.45, 7) is 11.1. The first kappa shape index (κ1) is 40.9. The van der Waals surface area contributed by atoms with Crippen molar-refractivity contribution in [2.45, 2.75) is 71.9 Å². The topological polar surface area (TPSA) is 15.5 Å². The van der Waals surface area contributed by atoms with Crippen LogP contribution >= 0.6 is 0 Å². The lowest BCUT2D eigenvalue weighted by Crippen LogP contribution is -2.75. The van der Waals surface area contributed by atoms with Gasteiger partial charge in [-0.2, -0.15) is 0 Å². The van der Waals surface area contributed by atoms with E-state index >= 15 is 26.3 Å². The van der Waals surface area contributed by atoms with Gasteiger partial charge >= 0.3 is 0 Å². The summed E-state index contributed by atoms with van der Waals surface area (Å²) in [6, 6.07) is 0. The number of nitrogens with zero attached hydrogens (tertiary/aromatic N) is 2. The second-order valence-corrected chi connectivity index (χ2v) is 14.1. The molecule has 0 saturated heterocycles. The van der Waals surface area contributed by atoms with Crippen LogP contribution in [0.3, 0.4) is 0 Å². The van der Waals surface area contributed by atoms with Crippen molar-refractivity contribution in [3.05, 3.63) is 87.3 Å². The Morgan fingerprint density at radius 2 is 0.808 bits per heavy atom. The van der Waals surface area contributed by atoms with Gasteiger partial charge < -0.3 is 4.65 Å². The normalized spacial score (nSPS) is 14.4. The zero-order valence-electron chi connectivity index (χ0n) is 28.3. The quantitative estimate of drug-likeness (QED) is 0.0570. The molecule has 52 heavy (non-hydrogen) atoms. The zero-order chi connectivity index (χ0) is 39.6. The summed E-state index contributed by atoms with van der Waals surface area (Å²) in [4.78, 5) is 2.01. The third-order valence-corrected chi connectivity index (χ3v) is 8.90. The van der Waals surface area contributed by atoms with Crippen LogP contribution in [0, 0.1) is 87.3 Å². The Bertz CT molecular complexity index is 1720. The maximum atomic E-state index is 15.6. The molecule has 4 rings (SSSR count). The zero-order valence-corrected chi connectivity index (χ0v) is 28.3. The highest BCUT2D eigenvalue weighted by molar-refractivity contribution is 7.07. The van der Waals surface area contributed by atoms with Crippen molar-refractivity contribution in [1.82, 2.24) is 4.90 Å². The van der Waals surface area contributed by atoms with Crippen molar-refractivity contribution in [3.63, 3.8) is 0 Å². The Balaban J connectivity index is 2.05. The Morgan fingerprint density at radius 1 is 0.500 bits per heavy atom. The molecule has 1 aliphatic rings. The molecule has 0 spiro atoms. The van der Waals surface area contributed by atoms with E-state index in [9.17, 15) is 39.5 Å². The monoisotopic (exact) mass is 766 g/mol. The van der Waals surface area contributed by atoms with Gasteiger partial charge in [0, 0.05) is 13.0 Å². The average molecular weight is 766 g/mol. The summed E-state index contributed by atoms with van der Waals surface area (Å²) in [5.41, 5.74) is -9.26. The van der Waals surface area contributed by atoms with E-state index in [-0.39, 0.29) is 12.8 Å². The molecule has 0 fully saturated rings. The highest BCUT2D eigenvalue weighted by Gasteiger charge is 2.49. The minimum atomic E-state index is -6.03. The lowest BCUT2D eigenvalue weighted by Gasteiger charge is -2.44. The first-order valence-electron chi connectivity index (χ1n) is 15.6. The summed E-state index contributed by atoms with van der Waals surface area (Å²) in [5, 5.41) is 0. The highest BCUT2D eigenvalue weighted by atomic mass is 19.2. The van der Waals surface area contributed by atoms with Crippen molar-refractivity contribution in [2.75, 3.05) is 19.7 Å². The van der Waals surface area contributed by atoms with Gasteiger partial charge in [0.15, 0.2) is 52.4 Å². The molecule has 19 heteroatoms. The van der Waals surface area contributed by atoms with Crippen LogP contribution in [-0.4, -0.2) is 52.4 Å². The van der Waals surface area contributed by atoms with Crippen LogP contribution in [0.15, 0.2) is 0 Å². The number of halogens is 15. The van der Waals surface area contributed by atoms with Gasteiger partial charge in [-0.25, -0.2) is 65.9 Å². The minimum absolute atomic E-state index is 0.0913. The SMILES string of the molecule is CC(C)(C)N1CC[N+](C(C)(C)C)=C1CCCCO[B-](c1c(F)c(F)c(F)c(F)c1F)(c1c(F)c(F)c(F)c(F)c1F)c1c(F)c(F)c(F)c(F)c1F. The van der Waals surface area contributed by atoms with Crippen LogP contribution in [-0.2, 0) is 4.65 Å². The number of amidine groups is 1. The van der Waals surface area contributed by atoms with Crippen LogP contribution in [0.5, 0.6) is 0 Å². The Morgan fingerprint density at radius 3 is 1.10 bits per heavy atom. The van der Waals surface area contributed by atoms with E-state index in [1.807, 2.05) is 51.0 Å². The predicted molar refractivity (Wildman–Crippen MR) is 160 cm³/mol. The third kappa shape index (κ3) is 6.50. The van der Waals surface area contributed by atoms with Crippen molar-refractivity contribution < 1.29 is 75.1 Å². The van der Waals surface area contributed by atoms with Gasteiger partial charge in [0.25, 0.3) is 0 Å². The molecule has 0 N–H and O–H groups in total. The van der Waals surface area contributed by atoms with Gasteiger partial charge in [-0.1, -0.05) is 16.4 Å². The minimum Gasteiger partial charge on any atom is -0.579 e. The molecule has 0 saturated carbocycles. The number of hydrogen-bond acceptors (Lipinski definition) is 2. The lowest BCUT2D eigenvalue weighted by atomic mass is 9.27. The van der Waals surface area contributed by atoms with Crippen LogP contribution < -0.4 is 16.4 Å². The second kappa shape index (κ2) is 14.2. The fourth-order valence-electron chi connectivity index (χ4n) is 6.58. The lowest BCUT2D eigenvalue weighted by molar-refractivity contribution is -0.589. The molecule has 0 aromatic heterocycles. The van der Waals surface area contributed by atoms with E-state index in [0.29, 0.717) is 13.1 Å². The Kier molecular flexibility index (Phi) is 11.1. The summed E-state index contributed by atoms with van der Waals surface area (Å²) < 4.78 is 232. The molecular weight excluding hydrogens is 736 g/mol.